The third-order valence-electron chi connectivity index (χ3n) is 1.88. The first-order chi connectivity index (χ1) is 6.33. The van der Waals surface area contributed by atoms with Crippen molar-refractivity contribution in [2.24, 2.45) is 0 Å². The Morgan fingerprint density at radius 1 is 1.15 bits per heavy atom. The van der Waals surface area contributed by atoms with Crippen LogP contribution in [0.4, 0.5) is 0 Å². The Balaban J connectivity index is 3.05. The molecule has 0 fully saturated rings. The lowest BCUT2D eigenvalue weighted by atomic mass is 10.1. The predicted octanol–water partition coefficient (Wildman–Crippen LogP) is 2.44. The summed E-state index contributed by atoms with van der Waals surface area (Å²) in [4.78, 5) is 0. The highest BCUT2D eigenvalue weighted by Gasteiger charge is 2.07. The van der Waals surface area contributed by atoms with Gasteiger partial charge in [0.25, 0.3) is 0 Å². The molecule has 0 spiro atoms. The largest absolute Gasteiger partial charge is 0.496 e. The van der Waals surface area contributed by atoms with Crippen molar-refractivity contribution < 1.29 is 9.47 Å². The van der Waals surface area contributed by atoms with E-state index in [2.05, 4.69) is 0 Å². The molecule has 1 rings (SSSR count). The molecule has 0 saturated heterocycles. The van der Waals surface area contributed by atoms with Crippen molar-refractivity contribution in [2.75, 3.05) is 20.0 Å². The first kappa shape index (κ1) is 10.3. The zero-order valence-electron chi connectivity index (χ0n) is 7.87. The van der Waals surface area contributed by atoms with Crippen molar-refractivity contribution in [3.05, 3.63) is 23.8 Å². The molecule has 0 N–H and O–H groups in total. The van der Waals surface area contributed by atoms with Crippen LogP contribution in [0.3, 0.4) is 0 Å². The third kappa shape index (κ3) is 2.31. The van der Waals surface area contributed by atoms with Gasteiger partial charge in [-0.05, 0) is 18.6 Å². The normalized spacial score (nSPS) is 9.77. The van der Waals surface area contributed by atoms with Gasteiger partial charge in [0, 0.05) is 11.3 Å². The highest BCUT2D eigenvalue weighted by atomic mass is 32.1. The maximum Gasteiger partial charge on any atom is 0.125 e. The minimum atomic E-state index is 0.677. The number of methoxy groups -OCH3 is 2. The molecule has 1 aromatic rings. The van der Waals surface area contributed by atoms with E-state index in [9.17, 15) is 0 Å². The van der Waals surface area contributed by atoms with Crippen molar-refractivity contribution >= 4 is 12.6 Å². The highest BCUT2D eigenvalue weighted by molar-refractivity contribution is 7.80. The van der Waals surface area contributed by atoms with Gasteiger partial charge in [0.1, 0.15) is 11.5 Å². The minimum Gasteiger partial charge on any atom is -0.496 e. The fourth-order valence-electron chi connectivity index (χ4n) is 1.28. The molecule has 3 heteroatoms. The minimum absolute atomic E-state index is 0.677. The van der Waals surface area contributed by atoms with E-state index >= 15 is 0 Å². The molecule has 13 heavy (non-hydrogen) atoms. The summed E-state index contributed by atoms with van der Waals surface area (Å²) in [6.07, 6.45) is 0.808. The number of hydrogen-bond donors (Lipinski definition) is 0. The molecule has 0 unspecified atom stereocenters. The zero-order chi connectivity index (χ0) is 9.68. The van der Waals surface area contributed by atoms with Gasteiger partial charge in [-0.2, -0.15) is 0 Å². The van der Waals surface area contributed by atoms with E-state index in [1.165, 1.54) is 0 Å². The van der Waals surface area contributed by atoms with Gasteiger partial charge in [-0.1, -0.05) is 18.7 Å². The van der Waals surface area contributed by atoms with E-state index in [1.807, 2.05) is 18.2 Å². The standard InChI is InChI=1S/C10H13O2S/c1-11-9-4-3-5-10(12-2)8(9)6-7-13/h3-5H,6-7H2,1-2H3. The molecular formula is C10H13O2S. The van der Waals surface area contributed by atoms with E-state index in [0.29, 0.717) is 5.75 Å². The van der Waals surface area contributed by atoms with Crippen LogP contribution in [-0.2, 0) is 6.42 Å². The lowest BCUT2D eigenvalue weighted by molar-refractivity contribution is 0.386. The van der Waals surface area contributed by atoms with Gasteiger partial charge in [-0.25, -0.2) is 0 Å². The summed E-state index contributed by atoms with van der Waals surface area (Å²) in [5, 5.41) is 0. The fraction of sp³-hybridized carbons (Fsp3) is 0.400. The fourth-order valence-corrected chi connectivity index (χ4v) is 1.48. The van der Waals surface area contributed by atoms with Crippen molar-refractivity contribution in [2.45, 2.75) is 6.42 Å². The van der Waals surface area contributed by atoms with Crippen molar-refractivity contribution in [3.8, 4) is 11.5 Å². The maximum absolute atomic E-state index is 5.21. The van der Waals surface area contributed by atoms with Gasteiger partial charge >= 0.3 is 0 Å². The van der Waals surface area contributed by atoms with Crippen LogP contribution in [-0.4, -0.2) is 20.0 Å². The number of ether oxygens (including phenoxy) is 2. The Morgan fingerprint density at radius 3 is 2.08 bits per heavy atom. The summed E-state index contributed by atoms with van der Waals surface area (Å²) < 4.78 is 10.4. The summed E-state index contributed by atoms with van der Waals surface area (Å²) in [6, 6.07) is 5.75. The predicted molar refractivity (Wildman–Crippen MR) is 55.7 cm³/mol. The van der Waals surface area contributed by atoms with E-state index < -0.39 is 0 Å². The van der Waals surface area contributed by atoms with Crippen molar-refractivity contribution in [3.63, 3.8) is 0 Å². The second-order valence-electron chi connectivity index (χ2n) is 2.60. The maximum atomic E-state index is 5.21. The molecule has 0 aliphatic rings. The van der Waals surface area contributed by atoms with Gasteiger partial charge in [0.2, 0.25) is 0 Å². The van der Waals surface area contributed by atoms with Crippen molar-refractivity contribution in [1.29, 1.82) is 0 Å². The Morgan fingerprint density at radius 2 is 1.69 bits per heavy atom. The van der Waals surface area contributed by atoms with Crippen LogP contribution in [0.1, 0.15) is 5.56 Å². The van der Waals surface area contributed by atoms with E-state index in [0.717, 1.165) is 23.5 Å². The average Bonchev–Trinajstić information content (AvgIpc) is 2.18. The first-order valence-electron chi connectivity index (χ1n) is 4.11. The van der Waals surface area contributed by atoms with Crippen LogP contribution in [0.25, 0.3) is 0 Å². The molecule has 0 aliphatic carbocycles. The van der Waals surface area contributed by atoms with E-state index in [1.54, 1.807) is 14.2 Å². The molecule has 0 amide bonds. The van der Waals surface area contributed by atoms with Gasteiger partial charge in [-0.3, -0.25) is 0 Å². The Bertz CT molecular complexity index is 251. The Labute approximate surface area is 84.3 Å². The summed E-state index contributed by atoms with van der Waals surface area (Å²) in [7, 11) is 3.31. The molecule has 0 aromatic heterocycles. The summed E-state index contributed by atoms with van der Waals surface area (Å²) in [5.41, 5.74) is 1.06. The SMILES string of the molecule is COc1cccc(OC)c1CC[S]. The molecule has 0 heterocycles. The van der Waals surface area contributed by atoms with Crippen LogP contribution in [0.2, 0.25) is 0 Å². The topological polar surface area (TPSA) is 18.5 Å². The summed E-state index contributed by atoms with van der Waals surface area (Å²) in [6.45, 7) is 0. The van der Waals surface area contributed by atoms with Crippen LogP contribution in [0.15, 0.2) is 18.2 Å². The van der Waals surface area contributed by atoms with Crippen LogP contribution < -0.4 is 9.47 Å². The number of hydrogen-bond acceptors (Lipinski definition) is 2. The lowest BCUT2D eigenvalue weighted by Crippen LogP contribution is -1.97. The number of rotatable bonds is 4. The third-order valence-corrected chi connectivity index (χ3v) is 2.09. The highest BCUT2D eigenvalue weighted by Crippen LogP contribution is 2.28. The van der Waals surface area contributed by atoms with E-state index in [4.69, 9.17) is 22.1 Å². The van der Waals surface area contributed by atoms with Gasteiger partial charge < -0.3 is 9.47 Å². The molecule has 2 nitrogen and oxygen atoms in total. The first-order valence-corrected chi connectivity index (χ1v) is 4.69. The lowest BCUT2D eigenvalue weighted by Gasteiger charge is -2.11. The smallest absolute Gasteiger partial charge is 0.125 e. The van der Waals surface area contributed by atoms with Crippen LogP contribution in [0, 0.1) is 0 Å². The quantitative estimate of drug-likeness (QED) is 0.738. The molecule has 0 atom stereocenters. The van der Waals surface area contributed by atoms with Gasteiger partial charge in [0.05, 0.1) is 14.2 Å². The van der Waals surface area contributed by atoms with Gasteiger partial charge in [-0.15, -0.1) is 0 Å². The average molecular weight is 197 g/mol. The summed E-state index contributed by atoms with van der Waals surface area (Å²) in [5.74, 6) is 2.38. The molecule has 0 aliphatic heterocycles. The van der Waals surface area contributed by atoms with Crippen LogP contribution in [0.5, 0.6) is 11.5 Å². The van der Waals surface area contributed by atoms with Gasteiger partial charge in [0.15, 0.2) is 0 Å². The molecule has 1 radical (unpaired) electrons. The molecule has 0 saturated carbocycles. The molecule has 0 bridgehead atoms. The monoisotopic (exact) mass is 197 g/mol. The molecule has 71 valence electrons. The van der Waals surface area contributed by atoms with E-state index in [-0.39, 0.29) is 0 Å². The Hall–Kier alpha value is -0.830. The molecule has 1 aromatic carbocycles. The van der Waals surface area contributed by atoms with Crippen molar-refractivity contribution in [1.82, 2.24) is 0 Å². The molecular weight excluding hydrogens is 184 g/mol. The zero-order valence-corrected chi connectivity index (χ0v) is 8.69. The Kier molecular flexibility index (Phi) is 3.96. The second-order valence-corrected chi connectivity index (χ2v) is 3.00. The van der Waals surface area contributed by atoms with Crippen LogP contribution >= 0.6 is 12.6 Å². The number of benzene rings is 1. The summed E-state index contributed by atoms with van der Waals surface area (Å²) >= 11 is 4.94. The second kappa shape index (κ2) is 5.02.